The van der Waals surface area contributed by atoms with E-state index in [1.165, 1.54) is 0 Å². The maximum Gasteiger partial charge on any atom is 0.324 e. The normalized spacial score (nSPS) is 12.0. The molecule has 1 atom stereocenters. The summed E-state index contributed by atoms with van der Waals surface area (Å²) in [5.41, 5.74) is 0. The van der Waals surface area contributed by atoms with Crippen LogP contribution < -0.4 is 14.8 Å². The maximum absolute atomic E-state index is 5.59. The highest BCUT2D eigenvalue weighted by Gasteiger charge is 2.10. The Morgan fingerprint density at radius 3 is 2.44 bits per heavy atom. The summed E-state index contributed by atoms with van der Waals surface area (Å²) in [7, 11) is 0. The van der Waals surface area contributed by atoms with Crippen LogP contribution in [-0.2, 0) is 0 Å². The standard InChI is InChI=1S/C12H22N4O2/c1-5-8-17-11-14-10(13-7-3)15-12(16-11)18-9(4)6-2/h9H,5-8H2,1-4H3,(H,13,14,15,16). The third-order valence-corrected chi connectivity index (χ3v) is 2.25. The number of rotatable bonds is 8. The Bertz CT molecular complexity index is 360. The lowest BCUT2D eigenvalue weighted by Gasteiger charge is -2.12. The first kappa shape index (κ1) is 14.5. The molecule has 1 N–H and O–H groups in total. The first-order valence-corrected chi connectivity index (χ1v) is 6.48. The van der Waals surface area contributed by atoms with E-state index in [1.807, 2.05) is 27.7 Å². The molecular formula is C12H22N4O2. The molecule has 0 aromatic carbocycles. The van der Waals surface area contributed by atoms with Crippen molar-refractivity contribution in [2.75, 3.05) is 18.5 Å². The van der Waals surface area contributed by atoms with Crippen LogP contribution in [0.25, 0.3) is 0 Å². The summed E-state index contributed by atoms with van der Waals surface area (Å²) in [6.45, 7) is 9.35. The van der Waals surface area contributed by atoms with E-state index >= 15 is 0 Å². The van der Waals surface area contributed by atoms with E-state index in [4.69, 9.17) is 9.47 Å². The minimum atomic E-state index is 0.0703. The van der Waals surface area contributed by atoms with Crippen LogP contribution in [0.2, 0.25) is 0 Å². The Labute approximate surface area is 108 Å². The van der Waals surface area contributed by atoms with Gasteiger partial charge in [0.05, 0.1) is 12.7 Å². The van der Waals surface area contributed by atoms with Gasteiger partial charge in [-0.1, -0.05) is 13.8 Å². The van der Waals surface area contributed by atoms with Gasteiger partial charge in [-0.15, -0.1) is 4.98 Å². The molecular weight excluding hydrogens is 232 g/mol. The van der Waals surface area contributed by atoms with Crippen molar-refractivity contribution in [3.63, 3.8) is 0 Å². The zero-order chi connectivity index (χ0) is 13.4. The summed E-state index contributed by atoms with van der Waals surface area (Å²) in [6, 6.07) is 0.613. The van der Waals surface area contributed by atoms with Gasteiger partial charge in [0.1, 0.15) is 0 Å². The number of aromatic nitrogens is 3. The van der Waals surface area contributed by atoms with Crippen molar-refractivity contribution in [1.82, 2.24) is 15.0 Å². The fraction of sp³-hybridized carbons (Fsp3) is 0.750. The largest absolute Gasteiger partial charge is 0.463 e. The zero-order valence-electron chi connectivity index (χ0n) is 11.6. The van der Waals surface area contributed by atoms with Gasteiger partial charge in [0.15, 0.2) is 0 Å². The third-order valence-electron chi connectivity index (χ3n) is 2.25. The van der Waals surface area contributed by atoms with Gasteiger partial charge < -0.3 is 14.8 Å². The lowest BCUT2D eigenvalue weighted by atomic mass is 10.3. The minimum Gasteiger partial charge on any atom is -0.463 e. The molecule has 6 heteroatoms. The molecule has 0 radical (unpaired) electrons. The molecule has 0 aliphatic heterocycles. The Balaban J connectivity index is 2.83. The van der Waals surface area contributed by atoms with E-state index in [9.17, 15) is 0 Å². The van der Waals surface area contributed by atoms with E-state index in [0.29, 0.717) is 24.6 Å². The Hall–Kier alpha value is -1.59. The molecule has 0 aliphatic carbocycles. The van der Waals surface area contributed by atoms with Crippen molar-refractivity contribution in [2.24, 2.45) is 0 Å². The molecule has 102 valence electrons. The monoisotopic (exact) mass is 254 g/mol. The van der Waals surface area contributed by atoms with Crippen molar-refractivity contribution in [3.05, 3.63) is 0 Å². The summed E-state index contributed by atoms with van der Waals surface area (Å²) in [4.78, 5) is 12.5. The molecule has 1 aromatic rings. The predicted octanol–water partition coefficient (Wildman–Crippen LogP) is 2.27. The first-order chi connectivity index (χ1) is 8.69. The average Bonchev–Trinajstić information content (AvgIpc) is 2.36. The molecule has 1 heterocycles. The number of nitrogens with zero attached hydrogens (tertiary/aromatic N) is 3. The lowest BCUT2D eigenvalue weighted by molar-refractivity contribution is 0.193. The molecule has 0 bridgehead atoms. The molecule has 1 rings (SSSR count). The second kappa shape index (κ2) is 7.68. The van der Waals surface area contributed by atoms with E-state index < -0.39 is 0 Å². The SMILES string of the molecule is CCCOc1nc(NCC)nc(OC(C)CC)n1. The van der Waals surface area contributed by atoms with Crippen molar-refractivity contribution >= 4 is 5.95 Å². The Morgan fingerprint density at radius 1 is 1.11 bits per heavy atom. The number of nitrogens with one attached hydrogen (secondary N) is 1. The highest BCUT2D eigenvalue weighted by Crippen LogP contribution is 2.14. The molecule has 0 saturated carbocycles. The van der Waals surface area contributed by atoms with Crippen LogP contribution in [0.4, 0.5) is 5.95 Å². The van der Waals surface area contributed by atoms with Crippen molar-refractivity contribution in [1.29, 1.82) is 0 Å². The highest BCUT2D eigenvalue weighted by molar-refractivity contribution is 5.27. The molecule has 0 fully saturated rings. The summed E-state index contributed by atoms with van der Waals surface area (Å²) < 4.78 is 11.0. The van der Waals surface area contributed by atoms with Crippen molar-refractivity contribution in [3.8, 4) is 12.0 Å². The van der Waals surface area contributed by atoms with Gasteiger partial charge in [-0.25, -0.2) is 0 Å². The third kappa shape index (κ3) is 4.73. The summed E-state index contributed by atoms with van der Waals surface area (Å²) >= 11 is 0. The van der Waals surface area contributed by atoms with Gasteiger partial charge in [0, 0.05) is 6.54 Å². The van der Waals surface area contributed by atoms with Crippen LogP contribution in [-0.4, -0.2) is 34.2 Å². The second-order valence-electron chi connectivity index (χ2n) is 3.94. The predicted molar refractivity (Wildman–Crippen MR) is 70.2 cm³/mol. The number of ether oxygens (including phenoxy) is 2. The Kier molecular flexibility index (Phi) is 6.18. The smallest absolute Gasteiger partial charge is 0.324 e. The quantitative estimate of drug-likeness (QED) is 0.767. The topological polar surface area (TPSA) is 69.2 Å². The van der Waals surface area contributed by atoms with Crippen LogP contribution in [0, 0.1) is 0 Å². The van der Waals surface area contributed by atoms with E-state index in [-0.39, 0.29) is 6.10 Å². The molecule has 1 aromatic heterocycles. The molecule has 1 unspecified atom stereocenters. The first-order valence-electron chi connectivity index (χ1n) is 6.48. The number of anilines is 1. The van der Waals surface area contributed by atoms with Crippen molar-refractivity contribution in [2.45, 2.75) is 46.6 Å². The van der Waals surface area contributed by atoms with Gasteiger partial charge >= 0.3 is 12.0 Å². The molecule has 18 heavy (non-hydrogen) atoms. The summed E-state index contributed by atoms with van der Waals surface area (Å²) in [6.07, 6.45) is 1.87. The van der Waals surface area contributed by atoms with Gasteiger partial charge in [0.2, 0.25) is 5.95 Å². The lowest BCUT2D eigenvalue weighted by Crippen LogP contribution is -2.14. The van der Waals surface area contributed by atoms with E-state index in [0.717, 1.165) is 19.4 Å². The second-order valence-corrected chi connectivity index (χ2v) is 3.94. The number of hydrogen-bond donors (Lipinski definition) is 1. The minimum absolute atomic E-state index is 0.0703. The van der Waals surface area contributed by atoms with Crippen LogP contribution in [0.5, 0.6) is 12.0 Å². The molecule has 0 saturated heterocycles. The Morgan fingerprint density at radius 2 is 1.83 bits per heavy atom. The van der Waals surface area contributed by atoms with E-state index in [2.05, 4.69) is 20.3 Å². The van der Waals surface area contributed by atoms with Gasteiger partial charge in [0.25, 0.3) is 0 Å². The fourth-order valence-corrected chi connectivity index (χ4v) is 1.15. The maximum atomic E-state index is 5.59. The van der Waals surface area contributed by atoms with Crippen LogP contribution in [0.3, 0.4) is 0 Å². The van der Waals surface area contributed by atoms with Crippen molar-refractivity contribution < 1.29 is 9.47 Å². The summed E-state index contributed by atoms with van der Waals surface area (Å²) in [5.74, 6) is 0.483. The highest BCUT2D eigenvalue weighted by atomic mass is 16.5. The molecule has 0 amide bonds. The number of hydrogen-bond acceptors (Lipinski definition) is 6. The zero-order valence-corrected chi connectivity index (χ0v) is 11.6. The van der Waals surface area contributed by atoms with Crippen LogP contribution >= 0.6 is 0 Å². The van der Waals surface area contributed by atoms with E-state index in [1.54, 1.807) is 0 Å². The molecule has 6 nitrogen and oxygen atoms in total. The fourth-order valence-electron chi connectivity index (χ4n) is 1.15. The van der Waals surface area contributed by atoms with Crippen LogP contribution in [0.15, 0.2) is 0 Å². The van der Waals surface area contributed by atoms with Gasteiger partial charge in [-0.3, -0.25) is 0 Å². The van der Waals surface area contributed by atoms with Crippen LogP contribution in [0.1, 0.15) is 40.5 Å². The van der Waals surface area contributed by atoms with Gasteiger partial charge in [-0.2, -0.15) is 9.97 Å². The molecule has 0 aliphatic rings. The average molecular weight is 254 g/mol. The van der Waals surface area contributed by atoms with Gasteiger partial charge in [-0.05, 0) is 26.7 Å². The molecule has 0 spiro atoms. The summed E-state index contributed by atoms with van der Waals surface area (Å²) in [5, 5.41) is 3.03.